The number of anilines is 1. The molecule has 0 bridgehead atoms. The van der Waals surface area contributed by atoms with Gasteiger partial charge in [-0.3, -0.25) is 4.57 Å². The van der Waals surface area contributed by atoms with Gasteiger partial charge in [0.05, 0.1) is 5.69 Å². The minimum atomic E-state index is 0.660. The van der Waals surface area contributed by atoms with Gasteiger partial charge in [-0.15, -0.1) is 16.8 Å². The molecule has 154 valence electrons. The van der Waals surface area contributed by atoms with E-state index in [0.717, 1.165) is 46.7 Å². The van der Waals surface area contributed by atoms with Gasteiger partial charge in [-0.25, -0.2) is 4.98 Å². The molecule has 0 fully saturated rings. The first-order valence-electron chi connectivity index (χ1n) is 10.2. The van der Waals surface area contributed by atoms with Crippen LogP contribution in [0.3, 0.4) is 0 Å². The summed E-state index contributed by atoms with van der Waals surface area (Å²) >= 11 is 1.64. The van der Waals surface area contributed by atoms with E-state index in [-0.39, 0.29) is 0 Å². The number of fused-ring (bicyclic) bond motifs is 1. The molecule has 7 heteroatoms. The van der Waals surface area contributed by atoms with Gasteiger partial charge >= 0.3 is 0 Å². The van der Waals surface area contributed by atoms with Crippen LogP contribution in [0.15, 0.2) is 72.7 Å². The summed E-state index contributed by atoms with van der Waals surface area (Å²) in [5.74, 6) is 1.59. The molecule has 0 aliphatic carbocycles. The average molecular weight is 419 g/mol. The highest BCUT2D eigenvalue weighted by molar-refractivity contribution is 7.98. The first-order valence-corrected chi connectivity index (χ1v) is 11.2. The third kappa shape index (κ3) is 4.11. The summed E-state index contributed by atoms with van der Waals surface area (Å²) in [5.41, 5.74) is 4.25. The minimum Gasteiger partial charge on any atom is -0.372 e. The van der Waals surface area contributed by atoms with E-state index in [2.05, 4.69) is 75.5 Å². The van der Waals surface area contributed by atoms with E-state index in [0.29, 0.717) is 6.54 Å². The Hall–Kier alpha value is -3.06. The number of benzene rings is 1. The van der Waals surface area contributed by atoms with Crippen LogP contribution in [0.2, 0.25) is 0 Å². The molecule has 0 N–H and O–H groups in total. The second-order valence-corrected chi connectivity index (χ2v) is 7.85. The van der Waals surface area contributed by atoms with Crippen molar-refractivity contribution in [2.24, 2.45) is 0 Å². The number of imidazole rings is 1. The molecule has 0 saturated heterocycles. The molecule has 0 aliphatic heterocycles. The van der Waals surface area contributed by atoms with Crippen molar-refractivity contribution >= 4 is 23.1 Å². The van der Waals surface area contributed by atoms with Crippen LogP contribution in [0.5, 0.6) is 0 Å². The summed E-state index contributed by atoms with van der Waals surface area (Å²) < 4.78 is 4.15. The molecule has 4 aromatic rings. The Balaban J connectivity index is 1.56. The Morgan fingerprint density at radius 1 is 1.07 bits per heavy atom. The van der Waals surface area contributed by atoms with Crippen LogP contribution in [0.25, 0.3) is 17.0 Å². The molecule has 1 aromatic carbocycles. The van der Waals surface area contributed by atoms with Crippen LogP contribution in [-0.2, 0) is 12.3 Å². The monoisotopic (exact) mass is 418 g/mol. The zero-order chi connectivity index (χ0) is 20.9. The van der Waals surface area contributed by atoms with E-state index < -0.39 is 0 Å². The second-order valence-electron chi connectivity index (χ2n) is 6.91. The molecule has 0 spiro atoms. The molecule has 0 radical (unpaired) electrons. The predicted octanol–water partition coefficient (Wildman–Crippen LogP) is 4.92. The van der Waals surface area contributed by atoms with Crippen molar-refractivity contribution in [2.75, 3.05) is 18.0 Å². The number of thioether (sulfide) groups is 1. The molecular weight excluding hydrogens is 392 g/mol. The molecule has 4 rings (SSSR count). The molecule has 6 nitrogen and oxygen atoms in total. The van der Waals surface area contributed by atoms with Crippen molar-refractivity contribution in [3.8, 4) is 11.4 Å². The minimum absolute atomic E-state index is 0.660. The van der Waals surface area contributed by atoms with Gasteiger partial charge in [-0.1, -0.05) is 23.9 Å². The maximum atomic E-state index is 4.67. The summed E-state index contributed by atoms with van der Waals surface area (Å²) in [6.45, 7) is 10.9. The van der Waals surface area contributed by atoms with Gasteiger partial charge in [0.15, 0.2) is 11.0 Å². The summed E-state index contributed by atoms with van der Waals surface area (Å²) in [6, 6.07) is 14.6. The van der Waals surface area contributed by atoms with Gasteiger partial charge in [0.25, 0.3) is 0 Å². The molecule has 0 aliphatic rings. The normalized spacial score (nSPS) is 11.1. The molecule has 3 aromatic heterocycles. The zero-order valence-corrected chi connectivity index (χ0v) is 18.2. The maximum Gasteiger partial charge on any atom is 0.192 e. The molecular formula is C23H26N6S. The van der Waals surface area contributed by atoms with Crippen molar-refractivity contribution in [3.63, 3.8) is 0 Å². The third-order valence-corrected chi connectivity index (χ3v) is 6.05. The van der Waals surface area contributed by atoms with E-state index in [9.17, 15) is 0 Å². The quantitative estimate of drug-likeness (QED) is 0.285. The lowest BCUT2D eigenvalue weighted by atomic mass is 10.2. The number of allylic oxidation sites excluding steroid dienone is 1. The van der Waals surface area contributed by atoms with Gasteiger partial charge in [0.1, 0.15) is 5.65 Å². The highest BCUT2D eigenvalue weighted by atomic mass is 32.2. The molecule has 3 heterocycles. The predicted molar refractivity (Wildman–Crippen MR) is 124 cm³/mol. The fourth-order valence-corrected chi connectivity index (χ4v) is 4.34. The standard InChI is InChI=1S/C23H26N6S/c1-4-14-29-22(18-10-12-20(13-11-18)27(5-2)6-3)25-26-23(29)30-17-19-16-28-15-8-7-9-21(28)24-19/h4,7-13,15-16H,1,5-6,14,17H2,2-3H3. The summed E-state index contributed by atoms with van der Waals surface area (Å²) in [4.78, 5) is 7.00. The number of hydrogen-bond donors (Lipinski definition) is 0. The zero-order valence-electron chi connectivity index (χ0n) is 17.4. The van der Waals surface area contributed by atoms with Crippen LogP contribution in [0.1, 0.15) is 19.5 Å². The van der Waals surface area contributed by atoms with Crippen molar-refractivity contribution in [1.29, 1.82) is 0 Å². The van der Waals surface area contributed by atoms with Gasteiger partial charge in [-0.05, 0) is 50.2 Å². The molecule has 30 heavy (non-hydrogen) atoms. The summed E-state index contributed by atoms with van der Waals surface area (Å²) in [5, 5.41) is 9.80. The van der Waals surface area contributed by atoms with E-state index >= 15 is 0 Å². The summed E-state index contributed by atoms with van der Waals surface area (Å²) in [7, 11) is 0. The SMILES string of the molecule is C=CCn1c(SCc2cn3ccccc3n2)nnc1-c1ccc(N(CC)CC)cc1. The lowest BCUT2D eigenvalue weighted by Crippen LogP contribution is -2.21. The van der Waals surface area contributed by atoms with Crippen molar-refractivity contribution in [2.45, 2.75) is 31.3 Å². The third-order valence-electron chi connectivity index (χ3n) is 5.05. The van der Waals surface area contributed by atoms with E-state index in [4.69, 9.17) is 0 Å². The molecule has 0 saturated carbocycles. The fourth-order valence-electron chi connectivity index (χ4n) is 3.51. The molecule has 0 amide bonds. The van der Waals surface area contributed by atoms with Crippen LogP contribution in [-0.4, -0.2) is 37.2 Å². The Bertz CT molecular complexity index is 1090. The Morgan fingerprint density at radius 3 is 2.57 bits per heavy atom. The Labute approximate surface area is 181 Å². The molecule has 0 atom stereocenters. The van der Waals surface area contributed by atoms with Crippen LogP contribution in [0.4, 0.5) is 5.69 Å². The maximum absolute atomic E-state index is 4.67. The van der Waals surface area contributed by atoms with Crippen molar-refractivity contribution < 1.29 is 0 Å². The number of rotatable bonds is 9. The highest BCUT2D eigenvalue weighted by Crippen LogP contribution is 2.28. The Kier molecular flexibility index (Phi) is 6.18. The van der Waals surface area contributed by atoms with Gasteiger partial charge in [-0.2, -0.15) is 0 Å². The van der Waals surface area contributed by atoms with Crippen LogP contribution < -0.4 is 4.90 Å². The van der Waals surface area contributed by atoms with Gasteiger partial charge < -0.3 is 9.30 Å². The van der Waals surface area contributed by atoms with Crippen molar-refractivity contribution in [3.05, 3.63) is 73.2 Å². The lowest BCUT2D eigenvalue weighted by Gasteiger charge is -2.21. The lowest BCUT2D eigenvalue weighted by molar-refractivity contribution is 0.731. The van der Waals surface area contributed by atoms with Crippen molar-refractivity contribution in [1.82, 2.24) is 24.1 Å². The van der Waals surface area contributed by atoms with E-state index in [1.54, 1.807) is 11.8 Å². The highest BCUT2D eigenvalue weighted by Gasteiger charge is 2.15. The van der Waals surface area contributed by atoms with Crippen LogP contribution >= 0.6 is 11.8 Å². The number of aromatic nitrogens is 5. The number of hydrogen-bond acceptors (Lipinski definition) is 5. The first-order chi connectivity index (χ1) is 14.7. The van der Waals surface area contributed by atoms with Crippen LogP contribution in [0, 0.1) is 0 Å². The smallest absolute Gasteiger partial charge is 0.192 e. The number of pyridine rings is 1. The largest absolute Gasteiger partial charge is 0.372 e. The second kappa shape index (κ2) is 9.17. The van der Waals surface area contributed by atoms with Gasteiger partial charge in [0, 0.05) is 49.0 Å². The van der Waals surface area contributed by atoms with E-state index in [1.165, 1.54) is 5.69 Å². The average Bonchev–Trinajstić information content (AvgIpc) is 3.37. The van der Waals surface area contributed by atoms with E-state index in [1.807, 2.05) is 34.9 Å². The molecule has 0 unspecified atom stereocenters. The Morgan fingerprint density at radius 2 is 1.87 bits per heavy atom. The summed E-state index contributed by atoms with van der Waals surface area (Å²) in [6.07, 6.45) is 5.95. The first kappa shape index (κ1) is 20.2. The topological polar surface area (TPSA) is 51.3 Å². The van der Waals surface area contributed by atoms with Gasteiger partial charge in [0.2, 0.25) is 0 Å². The number of nitrogens with zero attached hydrogens (tertiary/aromatic N) is 6. The fraction of sp³-hybridized carbons (Fsp3) is 0.261.